The molecule has 2 atom stereocenters. The van der Waals surface area contributed by atoms with Gasteiger partial charge in [-0.15, -0.1) is 0 Å². The molecule has 8 heteroatoms. The van der Waals surface area contributed by atoms with Gasteiger partial charge in [-0.05, 0) is 54.8 Å². The van der Waals surface area contributed by atoms with E-state index in [4.69, 9.17) is 5.73 Å². The van der Waals surface area contributed by atoms with Gasteiger partial charge in [0.2, 0.25) is 5.91 Å². The van der Waals surface area contributed by atoms with E-state index in [1.807, 2.05) is 12.1 Å². The first-order valence-electron chi connectivity index (χ1n) is 11.0. The summed E-state index contributed by atoms with van der Waals surface area (Å²) in [6.07, 6.45) is 7.21. The summed E-state index contributed by atoms with van der Waals surface area (Å²) < 4.78 is 0. The predicted molar refractivity (Wildman–Crippen MR) is 121 cm³/mol. The summed E-state index contributed by atoms with van der Waals surface area (Å²) >= 11 is 0. The van der Waals surface area contributed by atoms with Crippen LogP contribution in [-0.2, 0) is 16.0 Å². The Morgan fingerprint density at radius 3 is 2.75 bits per heavy atom. The van der Waals surface area contributed by atoms with Gasteiger partial charge in [0.05, 0.1) is 11.8 Å². The summed E-state index contributed by atoms with van der Waals surface area (Å²) in [5.41, 5.74) is 8.96. The van der Waals surface area contributed by atoms with Crippen molar-refractivity contribution < 1.29 is 14.7 Å². The van der Waals surface area contributed by atoms with Crippen LogP contribution < -0.4 is 11.1 Å². The number of fused-ring (bicyclic) bond motifs is 1. The zero-order valence-corrected chi connectivity index (χ0v) is 17.8. The Morgan fingerprint density at radius 1 is 1.19 bits per heavy atom. The number of ketones is 1. The van der Waals surface area contributed by atoms with Gasteiger partial charge in [0, 0.05) is 47.3 Å². The van der Waals surface area contributed by atoms with Gasteiger partial charge in [0.1, 0.15) is 17.4 Å². The molecule has 0 unspecified atom stereocenters. The lowest BCUT2D eigenvalue weighted by molar-refractivity contribution is -0.132. The highest BCUT2D eigenvalue weighted by atomic mass is 16.3. The van der Waals surface area contributed by atoms with Gasteiger partial charge in [-0.3, -0.25) is 14.6 Å². The van der Waals surface area contributed by atoms with E-state index in [1.54, 1.807) is 24.7 Å². The zero-order valence-electron chi connectivity index (χ0n) is 17.8. The number of Topliss-reactive ketones (excluding diaryl/α,β-unsaturated/α-hetero) is 1. The van der Waals surface area contributed by atoms with Crippen LogP contribution in [0, 0.1) is 17.8 Å². The first-order valence-corrected chi connectivity index (χ1v) is 11.0. The Labute approximate surface area is 185 Å². The summed E-state index contributed by atoms with van der Waals surface area (Å²) in [5.74, 6) is 0.0330. The normalized spacial score (nSPS) is 24.1. The van der Waals surface area contributed by atoms with Crippen molar-refractivity contribution >= 4 is 34.1 Å². The lowest BCUT2D eigenvalue weighted by atomic mass is 9.78. The number of aliphatic hydroxyl groups excluding tert-OH is 1. The molecule has 0 aromatic carbocycles. The van der Waals surface area contributed by atoms with E-state index in [9.17, 15) is 14.7 Å². The molecule has 0 spiro atoms. The van der Waals surface area contributed by atoms with E-state index in [0.29, 0.717) is 36.3 Å². The number of amides is 1. The average molecular weight is 431 g/mol. The number of carbonyl (C=O) groups excluding carboxylic acids is 2. The number of rotatable bonds is 6. The van der Waals surface area contributed by atoms with Crippen molar-refractivity contribution in [2.45, 2.75) is 38.7 Å². The number of hydrogen-bond acceptors (Lipinski definition) is 7. The van der Waals surface area contributed by atoms with Crippen LogP contribution in [0.15, 0.2) is 36.8 Å². The number of nitrogens with zero attached hydrogens (tertiary/aromatic N) is 3. The zero-order chi connectivity index (χ0) is 22.4. The first kappa shape index (κ1) is 20.5. The summed E-state index contributed by atoms with van der Waals surface area (Å²) in [6.45, 7) is 2.07. The molecular weight excluding hydrogens is 406 g/mol. The number of hydrogen-bond donors (Lipinski definition) is 3. The van der Waals surface area contributed by atoms with Crippen LogP contribution >= 0.6 is 0 Å². The molecule has 2 aliphatic rings. The minimum atomic E-state index is -0.372. The Kier molecular flexibility index (Phi) is 5.09. The molecule has 0 aliphatic heterocycles. The number of carbonyl (C=O) groups is 2. The Balaban J connectivity index is 1.35. The van der Waals surface area contributed by atoms with Crippen molar-refractivity contribution in [3.8, 4) is 11.3 Å². The van der Waals surface area contributed by atoms with Gasteiger partial charge < -0.3 is 16.2 Å². The number of nitrogens with one attached hydrogen (secondary N) is 1. The molecule has 2 fully saturated rings. The van der Waals surface area contributed by atoms with Crippen molar-refractivity contribution in [1.82, 2.24) is 15.0 Å². The van der Waals surface area contributed by atoms with Crippen LogP contribution in [0.25, 0.3) is 22.0 Å². The number of aryl methyl sites for hydroxylation is 1. The second kappa shape index (κ2) is 7.94. The molecule has 3 aromatic rings. The number of anilines is 2. The second-order valence-corrected chi connectivity index (χ2v) is 8.73. The third-order valence-corrected chi connectivity index (χ3v) is 6.57. The van der Waals surface area contributed by atoms with Crippen LogP contribution in [0.2, 0.25) is 0 Å². The molecule has 8 nitrogen and oxygen atoms in total. The standard InChI is InChI=1S/C24H25N5O3/c1-2-12-3-4-26-10-18(12)20-7-13-8-21(27-11-19(13)23(25)28-20)29-24(32)17-9-16(17)22(31)14-5-15(30)6-14/h3-4,7-8,10-11,14-17,30H,2,5-6,9H2,1H3,(H2,25,28)(H,27,29,32)/t14?,15?,16-,17-/m1/s1. The van der Waals surface area contributed by atoms with Crippen molar-refractivity contribution in [3.05, 3.63) is 42.4 Å². The maximum Gasteiger partial charge on any atom is 0.229 e. The van der Waals surface area contributed by atoms with E-state index < -0.39 is 0 Å². The number of aromatic nitrogens is 3. The van der Waals surface area contributed by atoms with Crippen LogP contribution in [-0.4, -0.2) is 37.9 Å². The van der Waals surface area contributed by atoms with Gasteiger partial charge in [-0.2, -0.15) is 0 Å². The smallest absolute Gasteiger partial charge is 0.229 e. The van der Waals surface area contributed by atoms with Crippen LogP contribution in [0.5, 0.6) is 0 Å². The fraction of sp³-hybridized carbons (Fsp3) is 0.375. The molecule has 164 valence electrons. The molecule has 0 radical (unpaired) electrons. The highest BCUT2D eigenvalue weighted by molar-refractivity contribution is 6.02. The topological polar surface area (TPSA) is 131 Å². The summed E-state index contributed by atoms with van der Waals surface area (Å²) in [5, 5.41) is 13.8. The lowest BCUT2D eigenvalue weighted by Crippen LogP contribution is -2.35. The highest BCUT2D eigenvalue weighted by Crippen LogP contribution is 2.45. The minimum absolute atomic E-state index is 0.0963. The van der Waals surface area contributed by atoms with Gasteiger partial charge >= 0.3 is 0 Å². The van der Waals surface area contributed by atoms with E-state index >= 15 is 0 Å². The maximum atomic E-state index is 12.7. The summed E-state index contributed by atoms with van der Waals surface area (Å²) in [7, 11) is 0. The molecule has 3 heterocycles. The predicted octanol–water partition coefficient (Wildman–Crippen LogP) is 2.75. The van der Waals surface area contributed by atoms with Crippen molar-refractivity contribution in [2.75, 3.05) is 11.1 Å². The number of nitrogen functional groups attached to an aromatic ring is 1. The van der Waals surface area contributed by atoms with Crippen LogP contribution in [0.1, 0.15) is 31.7 Å². The SMILES string of the molecule is CCc1ccncc1-c1cc2cc(NC(=O)[C@@H]3C[C@H]3C(=O)C3CC(O)C3)ncc2c(N)n1. The van der Waals surface area contributed by atoms with E-state index in [-0.39, 0.29) is 35.5 Å². The molecule has 0 bridgehead atoms. The van der Waals surface area contributed by atoms with Gasteiger partial charge in [0.15, 0.2) is 0 Å². The Morgan fingerprint density at radius 2 is 2.00 bits per heavy atom. The van der Waals surface area contributed by atoms with Crippen LogP contribution in [0.3, 0.4) is 0 Å². The van der Waals surface area contributed by atoms with E-state index in [0.717, 1.165) is 28.6 Å². The minimum Gasteiger partial charge on any atom is -0.393 e. The third-order valence-electron chi connectivity index (χ3n) is 6.57. The summed E-state index contributed by atoms with van der Waals surface area (Å²) in [6, 6.07) is 5.66. The number of pyridine rings is 3. The monoisotopic (exact) mass is 431 g/mol. The average Bonchev–Trinajstić information content (AvgIpc) is 3.57. The fourth-order valence-corrected chi connectivity index (χ4v) is 4.48. The van der Waals surface area contributed by atoms with E-state index in [2.05, 4.69) is 27.2 Å². The summed E-state index contributed by atoms with van der Waals surface area (Å²) in [4.78, 5) is 38.1. The van der Waals surface area contributed by atoms with Crippen LogP contribution in [0.4, 0.5) is 11.6 Å². The molecule has 4 N–H and O–H groups in total. The number of nitrogens with two attached hydrogens (primary N) is 1. The largest absolute Gasteiger partial charge is 0.393 e. The van der Waals surface area contributed by atoms with Crippen molar-refractivity contribution in [2.24, 2.45) is 17.8 Å². The molecule has 32 heavy (non-hydrogen) atoms. The first-order chi connectivity index (χ1) is 15.4. The van der Waals surface area contributed by atoms with Gasteiger partial charge in [-0.25, -0.2) is 9.97 Å². The highest BCUT2D eigenvalue weighted by Gasteiger charge is 2.51. The third kappa shape index (κ3) is 3.71. The molecule has 1 amide bonds. The molecule has 5 rings (SSSR count). The Hall–Kier alpha value is -3.39. The maximum absolute atomic E-state index is 12.7. The molecule has 2 saturated carbocycles. The quantitative estimate of drug-likeness (QED) is 0.547. The van der Waals surface area contributed by atoms with Gasteiger partial charge in [0.25, 0.3) is 0 Å². The molecular formula is C24H25N5O3. The fourth-order valence-electron chi connectivity index (χ4n) is 4.48. The van der Waals surface area contributed by atoms with Crippen molar-refractivity contribution in [1.29, 1.82) is 0 Å². The molecule has 2 aliphatic carbocycles. The van der Waals surface area contributed by atoms with Gasteiger partial charge in [-0.1, -0.05) is 6.92 Å². The lowest BCUT2D eigenvalue weighted by Gasteiger charge is -2.30. The number of aliphatic hydroxyl groups is 1. The Bertz CT molecular complexity index is 1220. The molecule has 3 aromatic heterocycles. The molecule has 0 saturated heterocycles. The van der Waals surface area contributed by atoms with E-state index in [1.165, 1.54) is 0 Å². The van der Waals surface area contributed by atoms with Crippen molar-refractivity contribution in [3.63, 3.8) is 0 Å². The second-order valence-electron chi connectivity index (χ2n) is 8.73.